The van der Waals surface area contributed by atoms with Crippen LogP contribution in [-0.2, 0) is 23.9 Å². The van der Waals surface area contributed by atoms with Crippen molar-refractivity contribution in [2.24, 2.45) is 0 Å². The molecule has 0 bridgehead atoms. The minimum atomic E-state index is -1.32. The molecule has 0 amide bonds. The molecule has 2 atom stereocenters. The molecule has 0 aromatic rings. The van der Waals surface area contributed by atoms with E-state index in [1.54, 1.807) is 26.0 Å². The molecular weight excluding hydrogens is 336 g/mol. The Morgan fingerprint density at radius 1 is 1.31 bits per heavy atom. The van der Waals surface area contributed by atoms with Gasteiger partial charge in [0.15, 0.2) is 0 Å². The number of carbonyl (C=O) groups excluding carboxylic acids is 3. The fourth-order valence-corrected chi connectivity index (χ4v) is 2.85. The molecule has 0 spiro atoms. The maximum Gasteiger partial charge on any atom is 0.339 e. The highest BCUT2D eigenvalue weighted by atomic mass is 16.6. The minimum absolute atomic E-state index is 0.138. The highest BCUT2D eigenvalue weighted by Gasteiger charge is 2.32. The lowest BCUT2D eigenvalue weighted by Crippen LogP contribution is -2.28. The number of ether oxygens (including phenoxy) is 2. The summed E-state index contributed by atoms with van der Waals surface area (Å²) in [6, 6.07) is 0. The molecule has 6 heteroatoms. The van der Waals surface area contributed by atoms with Crippen LogP contribution in [0.2, 0.25) is 0 Å². The van der Waals surface area contributed by atoms with E-state index in [9.17, 15) is 19.5 Å². The van der Waals surface area contributed by atoms with E-state index in [2.05, 4.69) is 0 Å². The number of esters is 2. The monoisotopic (exact) mass is 360 g/mol. The van der Waals surface area contributed by atoms with Crippen LogP contribution >= 0.6 is 0 Å². The van der Waals surface area contributed by atoms with Crippen LogP contribution in [0.15, 0.2) is 46.3 Å². The first-order valence-electron chi connectivity index (χ1n) is 8.50. The molecule has 140 valence electrons. The van der Waals surface area contributed by atoms with Gasteiger partial charge in [-0.2, -0.15) is 0 Å². The third kappa shape index (κ3) is 5.02. The van der Waals surface area contributed by atoms with Gasteiger partial charge in [0, 0.05) is 17.6 Å². The molecule has 0 aromatic carbocycles. The third-order valence-electron chi connectivity index (χ3n) is 4.31. The third-order valence-corrected chi connectivity index (χ3v) is 4.31. The summed E-state index contributed by atoms with van der Waals surface area (Å²) in [5.41, 5.74) is 1.24. The molecule has 0 saturated carbocycles. The van der Waals surface area contributed by atoms with Crippen LogP contribution in [0.4, 0.5) is 0 Å². The summed E-state index contributed by atoms with van der Waals surface area (Å²) in [5.74, 6) is -0.586. The van der Waals surface area contributed by atoms with Crippen molar-refractivity contribution in [2.75, 3.05) is 0 Å². The molecule has 26 heavy (non-hydrogen) atoms. The molecule has 0 aromatic heterocycles. The number of hydrogen-bond acceptors (Lipinski definition) is 6. The van der Waals surface area contributed by atoms with E-state index >= 15 is 0 Å². The Labute approximate surface area is 152 Å². The zero-order chi connectivity index (χ0) is 19.5. The summed E-state index contributed by atoms with van der Waals surface area (Å²) in [6.45, 7) is 6.89. The van der Waals surface area contributed by atoms with Crippen LogP contribution < -0.4 is 0 Å². The summed E-state index contributed by atoms with van der Waals surface area (Å²) in [4.78, 5) is 34.4. The number of aldehydes is 1. The van der Waals surface area contributed by atoms with Gasteiger partial charge in [0.25, 0.3) is 0 Å². The SMILES string of the molecule is CC1=C/C(=C/[C@@](C)(O)C[C@H]2C=C(CCC(C=O)=C(C)C)C(=O)O2)OC1=O. The van der Waals surface area contributed by atoms with Gasteiger partial charge in [0.2, 0.25) is 0 Å². The molecule has 0 fully saturated rings. The van der Waals surface area contributed by atoms with Crippen molar-refractivity contribution < 1.29 is 29.0 Å². The van der Waals surface area contributed by atoms with E-state index in [0.717, 1.165) is 11.9 Å². The van der Waals surface area contributed by atoms with Crippen LogP contribution in [0.25, 0.3) is 0 Å². The number of carbonyl (C=O) groups is 3. The molecule has 2 aliphatic rings. The Bertz CT molecular complexity index is 744. The van der Waals surface area contributed by atoms with Crippen molar-refractivity contribution in [3.8, 4) is 0 Å². The summed E-state index contributed by atoms with van der Waals surface area (Å²) in [7, 11) is 0. The second-order valence-corrected chi connectivity index (χ2v) is 7.10. The first-order chi connectivity index (χ1) is 12.1. The van der Waals surface area contributed by atoms with Crippen LogP contribution in [0.3, 0.4) is 0 Å². The highest BCUT2D eigenvalue weighted by molar-refractivity contribution is 5.92. The summed E-state index contributed by atoms with van der Waals surface area (Å²) < 4.78 is 10.3. The average Bonchev–Trinajstić information content (AvgIpc) is 3.00. The van der Waals surface area contributed by atoms with Crippen molar-refractivity contribution in [3.63, 3.8) is 0 Å². The van der Waals surface area contributed by atoms with Crippen molar-refractivity contribution >= 4 is 18.2 Å². The summed E-state index contributed by atoms with van der Waals surface area (Å²) in [5, 5.41) is 10.5. The fraction of sp³-hybridized carbons (Fsp3) is 0.450. The maximum atomic E-state index is 12.0. The normalized spacial score (nSPS) is 23.1. The number of aliphatic hydroxyl groups is 1. The van der Waals surface area contributed by atoms with Crippen LogP contribution in [0, 0.1) is 0 Å². The second-order valence-electron chi connectivity index (χ2n) is 7.10. The quantitative estimate of drug-likeness (QED) is 0.426. The van der Waals surface area contributed by atoms with E-state index in [1.165, 1.54) is 6.08 Å². The van der Waals surface area contributed by atoms with E-state index < -0.39 is 23.6 Å². The van der Waals surface area contributed by atoms with Crippen LogP contribution in [-0.4, -0.2) is 35.0 Å². The Hall–Kier alpha value is -2.47. The zero-order valence-corrected chi connectivity index (χ0v) is 15.5. The fourth-order valence-electron chi connectivity index (χ4n) is 2.85. The van der Waals surface area contributed by atoms with Gasteiger partial charge in [-0.3, -0.25) is 4.79 Å². The lowest BCUT2D eigenvalue weighted by Gasteiger charge is -2.22. The zero-order valence-electron chi connectivity index (χ0n) is 15.5. The van der Waals surface area contributed by atoms with Crippen molar-refractivity contribution in [3.05, 3.63) is 46.3 Å². The maximum absolute atomic E-state index is 12.0. The Morgan fingerprint density at radius 2 is 2.00 bits per heavy atom. The minimum Gasteiger partial charge on any atom is -0.455 e. The molecule has 6 nitrogen and oxygen atoms in total. The topological polar surface area (TPSA) is 89.9 Å². The summed E-state index contributed by atoms with van der Waals surface area (Å²) in [6.07, 6.45) is 5.94. The van der Waals surface area contributed by atoms with Gasteiger partial charge >= 0.3 is 11.9 Å². The molecule has 2 rings (SSSR count). The van der Waals surface area contributed by atoms with E-state index in [4.69, 9.17) is 9.47 Å². The van der Waals surface area contributed by atoms with Crippen LogP contribution in [0.5, 0.6) is 0 Å². The van der Waals surface area contributed by atoms with Gasteiger partial charge in [-0.25, -0.2) is 9.59 Å². The molecule has 1 N–H and O–H groups in total. The van der Waals surface area contributed by atoms with Gasteiger partial charge < -0.3 is 14.6 Å². The molecule has 2 heterocycles. The van der Waals surface area contributed by atoms with Crippen LogP contribution in [0.1, 0.15) is 47.0 Å². The van der Waals surface area contributed by atoms with Gasteiger partial charge in [-0.15, -0.1) is 0 Å². The number of rotatable bonds is 7. The first kappa shape index (κ1) is 19.8. The summed E-state index contributed by atoms with van der Waals surface area (Å²) >= 11 is 0. The lowest BCUT2D eigenvalue weighted by molar-refractivity contribution is -0.141. The highest BCUT2D eigenvalue weighted by Crippen LogP contribution is 2.28. The lowest BCUT2D eigenvalue weighted by atomic mass is 9.96. The molecule has 2 aliphatic heterocycles. The van der Waals surface area contributed by atoms with Crippen molar-refractivity contribution in [1.82, 2.24) is 0 Å². The molecular formula is C20H24O6. The number of cyclic esters (lactones) is 2. The smallest absolute Gasteiger partial charge is 0.339 e. The van der Waals surface area contributed by atoms with Crippen molar-refractivity contribution in [2.45, 2.75) is 58.7 Å². The Balaban J connectivity index is 2.02. The van der Waals surface area contributed by atoms with Gasteiger partial charge in [0.1, 0.15) is 18.1 Å². The second kappa shape index (κ2) is 7.83. The molecule has 0 saturated heterocycles. The van der Waals surface area contributed by atoms with E-state index in [1.807, 2.05) is 13.8 Å². The molecule has 0 aliphatic carbocycles. The predicted octanol–water partition coefficient (Wildman–Crippen LogP) is 2.68. The first-order valence-corrected chi connectivity index (χ1v) is 8.50. The van der Waals surface area contributed by atoms with Crippen molar-refractivity contribution in [1.29, 1.82) is 0 Å². The van der Waals surface area contributed by atoms with Gasteiger partial charge in [-0.05, 0) is 64.3 Å². The number of hydrogen-bond donors (Lipinski definition) is 1. The van der Waals surface area contributed by atoms with Gasteiger partial charge in [0.05, 0.1) is 5.60 Å². The Kier molecular flexibility index (Phi) is 5.97. The predicted molar refractivity (Wildman–Crippen MR) is 94.8 cm³/mol. The average molecular weight is 360 g/mol. The number of allylic oxidation sites excluding steroid dienone is 3. The Morgan fingerprint density at radius 3 is 2.54 bits per heavy atom. The van der Waals surface area contributed by atoms with E-state index in [-0.39, 0.29) is 12.2 Å². The standard InChI is InChI=1S/C20H24O6/c1-12(2)15(11-21)6-5-14-8-17(26-19(14)23)10-20(4,24)9-16-7-13(3)18(22)25-16/h7-9,11,17,24H,5-6,10H2,1-4H3/b16-9-/t17-,20-/m1/s1. The van der Waals surface area contributed by atoms with Gasteiger partial charge in [-0.1, -0.05) is 5.57 Å². The van der Waals surface area contributed by atoms with E-state index in [0.29, 0.717) is 29.6 Å². The molecule has 0 unspecified atom stereocenters. The molecule has 0 radical (unpaired) electrons. The largest absolute Gasteiger partial charge is 0.455 e.